The van der Waals surface area contributed by atoms with E-state index < -0.39 is 5.60 Å². The molecule has 6 nitrogen and oxygen atoms in total. The van der Waals surface area contributed by atoms with Gasteiger partial charge in [0.05, 0.1) is 19.4 Å². The Labute approximate surface area is 139 Å². The summed E-state index contributed by atoms with van der Waals surface area (Å²) < 4.78 is 10.8. The molecule has 23 heavy (non-hydrogen) atoms. The average Bonchev–Trinajstić information content (AvgIpc) is 3.03. The fraction of sp³-hybridized carbons (Fsp3) is 0.706. The summed E-state index contributed by atoms with van der Waals surface area (Å²) >= 11 is 0. The van der Waals surface area contributed by atoms with E-state index in [9.17, 15) is 5.11 Å². The first kappa shape index (κ1) is 19.5. The number of hydrogen-bond acceptors (Lipinski definition) is 4. The number of aliphatic imine (C=N–C) groups is 1. The molecule has 0 fully saturated rings. The number of aliphatic hydroxyl groups is 1. The molecule has 0 aliphatic heterocycles. The van der Waals surface area contributed by atoms with E-state index in [1.54, 1.807) is 25.3 Å². The molecule has 1 aromatic rings. The van der Waals surface area contributed by atoms with Crippen molar-refractivity contribution in [2.24, 2.45) is 10.9 Å². The van der Waals surface area contributed by atoms with Crippen LogP contribution in [0.15, 0.2) is 27.8 Å². The lowest BCUT2D eigenvalue weighted by Crippen LogP contribution is -2.40. The normalized spacial score (nSPS) is 14.8. The maximum Gasteiger partial charge on any atom is 0.191 e. The van der Waals surface area contributed by atoms with E-state index in [2.05, 4.69) is 29.5 Å². The highest BCUT2D eigenvalue weighted by molar-refractivity contribution is 5.79. The van der Waals surface area contributed by atoms with E-state index in [0.717, 1.165) is 19.6 Å². The molecule has 0 saturated heterocycles. The molecule has 0 amide bonds. The minimum Gasteiger partial charge on any atom is -0.466 e. The molecule has 0 aromatic carbocycles. The molecule has 0 spiro atoms. The Morgan fingerprint density at radius 2 is 2.17 bits per heavy atom. The molecular weight excluding hydrogens is 294 g/mol. The van der Waals surface area contributed by atoms with E-state index in [-0.39, 0.29) is 6.54 Å². The van der Waals surface area contributed by atoms with Crippen molar-refractivity contribution in [2.75, 3.05) is 32.8 Å². The topological polar surface area (TPSA) is 79.0 Å². The zero-order valence-electron chi connectivity index (χ0n) is 14.8. The molecule has 1 atom stereocenters. The van der Waals surface area contributed by atoms with Crippen LogP contribution in [0.2, 0.25) is 0 Å². The molecule has 0 saturated carbocycles. The zero-order chi connectivity index (χ0) is 17.1. The number of rotatable bonds is 10. The minimum absolute atomic E-state index is 0.212. The third-order valence-electron chi connectivity index (χ3n) is 3.32. The molecule has 132 valence electrons. The van der Waals surface area contributed by atoms with Crippen molar-refractivity contribution in [2.45, 2.75) is 39.7 Å². The Kier molecular flexibility index (Phi) is 8.73. The van der Waals surface area contributed by atoms with E-state index in [4.69, 9.17) is 9.15 Å². The molecule has 0 aliphatic carbocycles. The van der Waals surface area contributed by atoms with Gasteiger partial charge < -0.3 is 24.9 Å². The Balaban J connectivity index is 2.38. The first-order chi connectivity index (χ1) is 11.0. The summed E-state index contributed by atoms with van der Waals surface area (Å²) in [6.07, 6.45) is 2.62. The predicted octanol–water partition coefficient (Wildman–Crippen LogP) is 2.10. The van der Waals surface area contributed by atoms with Crippen LogP contribution in [0.3, 0.4) is 0 Å². The molecule has 3 N–H and O–H groups in total. The standard InChI is InChI=1S/C17H31N3O3/c1-5-18-16(19-9-12-22-11-8-14(2)3)20-13-17(4,21)15-7-6-10-23-15/h6-7,10,14,21H,5,8-9,11-13H2,1-4H3,(H2,18,19,20). The fourth-order valence-electron chi connectivity index (χ4n) is 1.90. The van der Waals surface area contributed by atoms with Gasteiger partial charge in [0, 0.05) is 19.7 Å². The number of ether oxygens (including phenoxy) is 1. The third kappa shape index (κ3) is 8.04. The van der Waals surface area contributed by atoms with Gasteiger partial charge in [-0.3, -0.25) is 0 Å². The van der Waals surface area contributed by atoms with Gasteiger partial charge in [-0.15, -0.1) is 0 Å². The van der Waals surface area contributed by atoms with Crippen LogP contribution < -0.4 is 10.6 Å². The van der Waals surface area contributed by atoms with Crippen LogP contribution >= 0.6 is 0 Å². The van der Waals surface area contributed by atoms with Crippen LogP contribution in [0.4, 0.5) is 0 Å². The SMILES string of the molecule is CCNC(=NCC(C)(O)c1ccco1)NCCOCCC(C)C. The second kappa shape index (κ2) is 10.3. The van der Waals surface area contributed by atoms with Crippen LogP contribution in [0.1, 0.15) is 39.9 Å². The van der Waals surface area contributed by atoms with E-state index >= 15 is 0 Å². The lowest BCUT2D eigenvalue weighted by atomic mass is 10.0. The molecule has 1 aromatic heterocycles. The molecule has 0 radical (unpaired) electrons. The number of hydrogen-bond donors (Lipinski definition) is 3. The highest BCUT2D eigenvalue weighted by Crippen LogP contribution is 2.20. The van der Waals surface area contributed by atoms with E-state index in [1.165, 1.54) is 0 Å². The minimum atomic E-state index is -1.13. The van der Waals surface area contributed by atoms with Crippen LogP contribution in [0, 0.1) is 5.92 Å². The summed E-state index contributed by atoms with van der Waals surface area (Å²) in [5.41, 5.74) is -1.13. The van der Waals surface area contributed by atoms with Gasteiger partial charge in [-0.25, -0.2) is 4.99 Å². The van der Waals surface area contributed by atoms with Gasteiger partial charge in [0.2, 0.25) is 0 Å². The summed E-state index contributed by atoms with van der Waals surface area (Å²) in [5.74, 6) is 1.83. The van der Waals surface area contributed by atoms with Crippen molar-refractivity contribution in [3.8, 4) is 0 Å². The molecule has 0 aliphatic rings. The van der Waals surface area contributed by atoms with Crippen molar-refractivity contribution < 1.29 is 14.3 Å². The van der Waals surface area contributed by atoms with E-state index in [1.807, 2.05) is 6.92 Å². The van der Waals surface area contributed by atoms with Crippen molar-refractivity contribution in [1.29, 1.82) is 0 Å². The van der Waals surface area contributed by atoms with Crippen molar-refractivity contribution in [3.05, 3.63) is 24.2 Å². The Morgan fingerprint density at radius 1 is 1.39 bits per heavy atom. The fourth-order valence-corrected chi connectivity index (χ4v) is 1.90. The van der Waals surface area contributed by atoms with Crippen LogP contribution in [-0.2, 0) is 10.3 Å². The smallest absolute Gasteiger partial charge is 0.191 e. The number of furan rings is 1. The van der Waals surface area contributed by atoms with Gasteiger partial charge >= 0.3 is 0 Å². The van der Waals surface area contributed by atoms with Gasteiger partial charge in [0.25, 0.3) is 0 Å². The van der Waals surface area contributed by atoms with Gasteiger partial charge in [-0.05, 0) is 38.3 Å². The molecule has 1 heterocycles. The lowest BCUT2D eigenvalue weighted by molar-refractivity contribution is 0.0437. The summed E-state index contributed by atoms with van der Waals surface area (Å²) in [5, 5.41) is 16.8. The average molecular weight is 325 g/mol. The molecule has 1 rings (SSSR count). The molecule has 1 unspecified atom stereocenters. The summed E-state index contributed by atoms with van der Waals surface area (Å²) in [6.45, 7) is 11.1. The molecule has 6 heteroatoms. The number of guanidine groups is 1. The van der Waals surface area contributed by atoms with Crippen molar-refractivity contribution in [1.82, 2.24) is 10.6 Å². The van der Waals surface area contributed by atoms with Gasteiger partial charge in [-0.2, -0.15) is 0 Å². The summed E-state index contributed by atoms with van der Waals surface area (Å²) in [4.78, 5) is 4.42. The maximum atomic E-state index is 10.4. The van der Waals surface area contributed by atoms with Crippen LogP contribution in [0.5, 0.6) is 0 Å². The summed E-state index contributed by atoms with van der Waals surface area (Å²) in [7, 11) is 0. The summed E-state index contributed by atoms with van der Waals surface area (Å²) in [6, 6.07) is 3.50. The predicted molar refractivity (Wildman–Crippen MR) is 92.5 cm³/mol. The van der Waals surface area contributed by atoms with Crippen LogP contribution in [-0.4, -0.2) is 43.9 Å². The first-order valence-electron chi connectivity index (χ1n) is 8.32. The largest absolute Gasteiger partial charge is 0.466 e. The Hall–Kier alpha value is -1.53. The quantitative estimate of drug-likeness (QED) is 0.349. The zero-order valence-corrected chi connectivity index (χ0v) is 14.8. The molecular formula is C17H31N3O3. The highest BCUT2D eigenvalue weighted by Gasteiger charge is 2.25. The van der Waals surface area contributed by atoms with Gasteiger partial charge in [0.1, 0.15) is 11.4 Å². The van der Waals surface area contributed by atoms with E-state index in [0.29, 0.717) is 30.8 Å². The monoisotopic (exact) mass is 325 g/mol. The maximum absolute atomic E-state index is 10.4. The van der Waals surface area contributed by atoms with Crippen molar-refractivity contribution in [3.63, 3.8) is 0 Å². The Morgan fingerprint density at radius 3 is 2.78 bits per heavy atom. The van der Waals surface area contributed by atoms with Crippen molar-refractivity contribution >= 4 is 5.96 Å². The second-order valence-electron chi connectivity index (χ2n) is 6.17. The third-order valence-corrected chi connectivity index (χ3v) is 3.32. The van der Waals surface area contributed by atoms with Gasteiger partial charge in [0.15, 0.2) is 5.96 Å². The number of nitrogens with one attached hydrogen (secondary N) is 2. The molecule has 0 bridgehead atoms. The second-order valence-corrected chi connectivity index (χ2v) is 6.17. The lowest BCUT2D eigenvalue weighted by Gasteiger charge is -2.19. The first-order valence-corrected chi connectivity index (χ1v) is 8.32. The van der Waals surface area contributed by atoms with Gasteiger partial charge in [-0.1, -0.05) is 13.8 Å². The van der Waals surface area contributed by atoms with Crippen LogP contribution in [0.25, 0.3) is 0 Å². The highest BCUT2D eigenvalue weighted by atomic mass is 16.5. The Bertz CT molecular complexity index is 442. The number of nitrogens with zero attached hydrogens (tertiary/aromatic N) is 1.